The van der Waals surface area contributed by atoms with Gasteiger partial charge in [-0.15, -0.1) is 11.3 Å². The normalized spacial score (nSPS) is 19.1. The van der Waals surface area contributed by atoms with E-state index in [9.17, 15) is 0 Å². The number of likely N-dealkylation sites (tertiary alicyclic amines) is 1. The van der Waals surface area contributed by atoms with Gasteiger partial charge in [0.15, 0.2) is 0 Å². The molecule has 0 amide bonds. The molecule has 2 rings (SSSR count). The quantitative estimate of drug-likeness (QED) is 0.854. The molecule has 3 heteroatoms. The molecule has 1 unspecified atom stereocenters. The first-order valence-corrected chi connectivity index (χ1v) is 7.19. The van der Waals surface area contributed by atoms with E-state index in [-0.39, 0.29) is 0 Å². The standard InChI is InChI=1S/C13H22N2S/c1-2-11-5-6-13(16-11)12(7-8-14)15-9-3-4-10-15/h5-6,12H,2-4,7-10,14H2,1H3. The van der Waals surface area contributed by atoms with Gasteiger partial charge in [-0.3, -0.25) is 4.90 Å². The van der Waals surface area contributed by atoms with Crippen molar-refractivity contribution in [2.45, 2.75) is 38.6 Å². The topological polar surface area (TPSA) is 29.3 Å². The second-order valence-electron chi connectivity index (χ2n) is 4.49. The number of hydrogen-bond donors (Lipinski definition) is 1. The van der Waals surface area contributed by atoms with Crippen LogP contribution in [0.3, 0.4) is 0 Å². The highest BCUT2D eigenvalue weighted by atomic mass is 32.1. The van der Waals surface area contributed by atoms with Gasteiger partial charge >= 0.3 is 0 Å². The first-order chi connectivity index (χ1) is 7.85. The Kier molecular flexibility index (Phi) is 4.38. The van der Waals surface area contributed by atoms with Gasteiger partial charge in [0.1, 0.15) is 0 Å². The van der Waals surface area contributed by atoms with Gasteiger partial charge in [-0.25, -0.2) is 0 Å². The van der Waals surface area contributed by atoms with Crippen LogP contribution in [0.4, 0.5) is 0 Å². The summed E-state index contributed by atoms with van der Waals surface area (Å²) in [6, 6.07) is 5.17. The van der Waals surface area contributed by atoms with Gasteiger partial charge in [0.25, 0.3) is 0 Å². The molecule has 1 aromatic heterocycles. The van der Waals surface area contributed by atoms with Crippen molar-refractivity contribution in [2.75, 3.05) is 19.6 Å². The van der Waals surface area contributed by atoms with Crippen LogP contribution in [0.25, 0.3) is 0 Å². The highest BCUT2D eigenvalue weighted by Crippen LogP contribution is 2.32. The molecule has 2 heterocycles. The highest BCUT2D eigenvalue weighted by molar-refractivity contribution is 7.12. The first kappa shape index (κ1) is 12.1. The summed E-state index contributed by atoms with van der Waals surface area (Å²) in [6.07, 6.45) is 4.96. The molecule has 0 aromatic carbocycles. The second-order valence-corrected chi connectivity index (χ2v) is 5.69. The van der Waals surface area contributed by atoms with Crippen LogP contribution in [-0.4, -0.2) is 24.5 Å². The van der Waals surface area contributed by atoms with Crippen LogP contribution >= 0.6 is 11.3 Å². The van der Waals surface area contributed by atoms with Crippen LogP contribution in [0, 0.1) is 0 Å². The van der Waals surface area contributed by atoms with Crippen molar-refractivity contribution in [1.29, 1.82) is 0 Å². The fourth-order valence-corrected chi connectivity index (χ4v) is 3.60. The molecule has 1 aliphatic rings. The molecule has 90 valence electrons. The Labute approximate surface area is 102 Å². The molecule has 2 nitrogen and oxygen atoms in total. The summed E-state index contributed by atoms with van der Waals surface area (Å²) in [5, 5.41) is 0. The minimum atomic E-state index is 0.581. The minimum absolute atomic E-state index is 0.581. The molecule has 1 aliphatic heterocycles. The summed E-state index contributed by atoms with van der Waals surface area (Å²) in [4.78, 5) is 5.62. The van der Waals surface area contributed by atoms with Gasteiger partial charge in [0, 0.05) is 15.8 Å². The Hall–Kier alpha value is -0.380. The molecule has 0 aliphatic carbocycles. The van der Waals surface area contributed by atoms with E-state index in [1.165, 1.54) is 35.7 Å². The second kappa shape index (κ2) is 5.80. The summed E-state index contributed by atoms with van der Waals surface area (Å²) in [5.41, 5.74) is 5.75. The number of thiophene rings is 1. The number of nitrogens with two attached hydrogens (primary N) is 1. The summed E-state index contributed by atoms with van der Waals surface area (Å²) >= 11 is 1.97. The number of aryl methyl sites for hydroxylation is 1. The maximum Gasteiger partial charge on any atom is 0.0453 e. The largest absolute Gasteiger partial charge is 0.330 e. The van der Waals surface area contributed by atoms with Crippen LogP contribution in [-0.2, 0) is 6.42 Å². The van der Waals surface area contributed by atoms with Crippen molar-refractivity contribution in [1.82, 2.24) is 4.90 Å². The molecule has 1 fully saturated rings. The molecular weight excluding hydrogens is 216 g/mol. The smallest absolute Gasteiger partial charge is 0.0453 e. The average molecular weight is 238 g/mol. The van der Waals surface area contributed by atoms with Gasteiger partial charge in [-0.05, 0) is 57.5 Å². The molecule has 0 spiro atoms. The Bertz CT molecular complexity index is 315. The molecule has 1 saturated heterocycles. The fraction of sp³-hybridized carbons (Fsp3) is 0.692. The SMILES string of the molecule is CCc1ccc(C(CCN)N2CCCC2)s1. The van der Waals surface area contributed by atoms with E-state index in [2.05, 4.69) is 24.0 Å². The highest BCUT2D eigenvalue weighted by Gasteiger charge is 2.23. The van der Waals surface area contributed by atoms with E-state index in [1.54, 1.807) is 0 Å². The maximum absolute atomic E-state index is 5.75. The lowest BCUT2D eigenvalue weighted by Gasteiger charge is -2.26. The summed E-state index contributed by atoms with van der Waals surface area (Å²) < 4.78 is 0. The monoisotopic (exact) mass is 238 g/mol. The lowest BCUT2D eigenvalue weighted by molar-refractivity contribution is 0.239. The Balaban J connectivity index is 2.10. The van der Waals surface area contributed by atoms with Gasteiger partial charge in [-0.2, -0.15) is 0 Å². The van der Waals surface area contributed by atoms with Crippen LogP contribution in [0.1, 0.15) is 42.0 Å². The van der Waals surface area contributed by atoms with Crippen LogP contribution in [0.5, 0.6) is 0 Å². The summed E-state index contributed by atoms with van der Waals surface area (Å²) in [6.45, 7) is 5.53. The van der Waals surface area contributed by atoms with Crippen molar-refractivity contribution >= 4 is 11.3 Å². The lowest BCUT2D eigenvalue weighted by Crippen LogP contribution is -2.26. The van der Waals surface area contributed by atoms with Crippen LogP contribution in [0.2, 0.25) is 0 Å². The predicted molar refractivity (Wildman–Crippen MR) is 70.9 cm³/mol. The van der Waals surface area contributed by atoms with Crippen LogP contribution < -0.4 is 5.73 Å². The molecule has 0 bridgehead atoms. The Morgan fingerprint density at radius 3 is 2.69 bits per heavy atom. The van der Waals surface area contributed by atoms with Crippen molar-refractivity contribution in [3.05, 3.63) is 21.9 Å². The zero-order chi connectivity index (χ0) is 11.4. The Morgan fingerprint density at radius 1 is 1.38 bits per heavy atom. The van der Waals surface area contributed by atoms with Crippen molar-refractivity contribution in [3.8, 4) is 0 Å². The molecule has 16 heavy (non-hydrogen) atoms. The van der Waals surface area contributed by atoms with E-state index < -0.39 is 0 Å². The van der Waals surface area contributed by atoms with E-state index in [0.717, 1.165) is 19.4 Å². The number of hydrogen-bond acceptors (Lipinski definition) is 3. The van der Waals surface area contributed by atoms with Crippen molar-refractivity contribution in [2.24, 2.45) is 5.73 Å². The minimum Gasteiger partial charge on any atom is -0.330 e. The van der Waals surface area contributed by atoms with Crippen molar-refractivity contribution < 1.29 is 0 Å². The molecule has 1 aromatic rings. The molecule has 0 saturated carbocycles. The Morgan fingerprint density at radius 2 is 2.12 bits per heavy atom. The zero-order valence-electron chi connectivity index (χ0n) is 10.1. The zero-order valence-corrected chi connectivity index (χ0v) is 10.9. The van der Waals surface area contributed by atoms with E-state index in [1.807, 2.05) is 11.3 Å². The van der Waals surface area contributed by atoms with E-state index in [0.29, 0.717) is 6.04 Å². The molecule has 0 radical (unpaired) electrons. The molecule has 1 atom stereocenters. The maximum atomic E-state index is 5.75. The van der Waals surface area contributed by atoms with Gasteiger partial charge < -0.3 is 5.73 Å². The van der Waals surface area contributed by atoms with Crippen molar-refractivity contribution in [3.63, 3.8) is 0 Å². The van der Waals surface area contributed by atoms with Crippen LogP contribution in [0.15, 0.2) is 12.1 Å². The lowest BCUT2D eigenvalue weighted by atomic mass is 10.1. The summed E-state index contributed by atoms with van der Waals surface area (Å²) in [7, 11) is 0. The number of rotatable bonds is 5. The predicted octanol–water partition coefficient (Wildman–Crippen LogP) is 2.80. The molecule has 2 N–H and O–H groups in total. The van der Waals surface area contributed by atoms with E-state index >= 15 is 0 Å². The summed E-state index contributed by atoms with van der Waals surface area (Å²) in [5.74, 6) is 0. The van der Waals surface area contributed by atoms with Gasteiger partial charge in [0.05, 0.1) is 0 Å². The first-order valence-electron chi connectivity index (χ1n) is 6.38. The third-order valence-electron chi connectivity index (χ3n) is 3.38. The third-order valence-corrected chi connectivity index (χ3v) is 4.71. The third kappa shape index (κ3) is 2.65. The fourth-order valence-electron chi connectivity index (χ4n) is 2.48. The average Bonchev–Trinajstić information content (AvgIpc) is 2.97. The number of nitrogens with zero attached hydrogens (tertiary/aromatic N) is 1. The van der Waals surface area contributed by atoms with Gasteiger partial charge in [-0.1, -0.05) is 6.92 Å². The van der Waals surface area contributed by atoms with Gasteiger partial charge in [0.2, 0.25) is 0 Å². The van der Waals surface area contributed by atoms with E-state index in [4.69, 9.17) is 5.73 Å². The molecular formula is C13H22N2S.